The molecule has 1 atom stereocenters. The predicted molar refractivity (Wildman–Crippen MR) is 118 cm³/mol. The van der Waals surface area contributed by atoms with Crippen molar-refractivity contribution in [2.45, 2.75) is 5.37 Å². The van der Waals surface area contributed by atoms with Gasteiger partial charge < -0.3 is 5.32 Å². The van der Waals surface area contributed by atoms with Crippen LogP contribution in [0.15, 0.2) is 66.7 Å². The molecular weight excluding hydrogens is 414 g/mol. The maximum Gasteiger partial charge on any atom is 0.290 e. The third-order valence-electron chi connectivity index (χ3n) is 5.43. The number of hydrogen-bond donors (Lipinski definition) is 1. The van der Waals surface area contributed by atoms with Gasteiger partial charge in [0.05, 0.1) is 11.1 Å². The highest BCUT2D eigenvalue weighted by atomic mass is 32.2. The van der Waals surface area contributed by atoms with Gasteiger partial charge in [-0.2, -0.15) is 0 Å². The Kier molecular flexibility index (Phi) is 4.71. The predicted octanol–water partition coefficient (Wildman–Crippen LogP) is 3.57. The summed E-state index contributed by atoms with van der Waals surface area (Å²) in [5, 5.41) is 3.97. The summed E-state index contributed by atoms with van der Waals surface area (Å²) in [6.07, 6.45) is 0. The lowest BCUT2D eigenvalue weighted by atomic mass is 10.1. The van der Waals surface area contributed by atoms with Gasteiger partial charge in [0.2, 0.25) is 0 Å². The van der Waals surface area contributed by atoms with E-state index in [1.165, 1.54) is 0 Å². The van der Waals surface area contributed by atoms with E-state index >= 15 is 0 Å². The van der Waals surface area contributed by atoms with E-state index in [0.29, 0.717) is 11.1 Å². The molecule has 154 valence electrons. The summed E-state index contributed by atoms with van der Waals surface area (Å²) in [4.78, 5) is 52.5. The molecule has 2 aliphatic rings. The summed E-state index contributed by atoms with van der Waals surface area (Å²) < 4.78 is 0. The van der Waals surface area contributed by atoms with E-state index in [1.54, 1.807) is 24.3 Å². The first-order valence-corrected chi connectivity index (χ1v) is 10.6. The van der Waals surface area contributed by atoms with Crippen LogP contribution in [-0.4, -0.2) is 51.2 Å². The number of carbonyl (C=O) groups is 4. The number of hydrogen-bond acceptors (Lipinski definition) is 6. The van der Waals surface area contributed by atoms with E-state index < -0.39 is 22.4 Å². The molecule has 0 saturated carbocycles. The molecule has 4 amide bonds. The highest BCUT2D eigenvalue weighted by molar-refractivity contribution is 8.15. The molecule has 8 heteroatoms. The molecule has 1 unspecified atom stereocenters. The molecule has 0 radical (unpaired) electrons. The van der Waals surface area contributed by atoms with Crippen molar-refractivity contribution in [1.82, 2.24) is 9.80 Å². The topological polar surface area (TPSA) is 86.8 Å². The fourth-order valence-electron chi connectivity index (χ4n) is 3.87. The second kappa shape index (κ2) is 7.55. The number of thioether (sulfide) groups is 1. The Morgan fingerprint density at radius 2 is 1.35 bits per heavy atom. The Balaban J connectivity index is 1.29. The zero-order valence-corrected chi connectivity index (χ0v) is 17.1. The van der Waals surface area contributed by atoms with Gasteiger partial charge in [-0.3, -0.25) is 29.0 Å². The second-order valence-electron chi connectivity index (χ2n) is 7.23. The third kappa shape index (κ3) is 3.25. The van der Waals surface area contributed by atoms with Gasteiger partial charge in [-0.1, -0.05) is 48.5 Å². The fourth-order valence-corrected chi connectivity index (χ4v) is 4.80. The minimum absolute atomic E-state index is 0.0363. The second-order valence-corrected chi connectivity index (χ2v) is 8.29. The number of imide groups is 2. The largest absolute Gasteiger partial charge is 0.365 e. The average Bonchev–Trinajstić information content (AvgIpc) is 3.19. The van der Waals surface area contributed by atoms with Gasteiger partial charge in [0, 0.05) is 24.2 Å². The van der Waals surface area contributed by atoms with E-state index in [9.17, 15) is 19.2 Å². The van der Waals surface area contributed by atoms with Crippen molar-refractivity contribution in [2.24, 2.45) is 0 Å². The summed E-state index contributed by atoms with van der Waals surface area (Å²) in [6, 6.07) is 20.1. The van der Waals surface area contributed by atoms with E-state index in [4.69, 9.17) is 0 Å². The molecule has 3 aromatic carbocycles. The number of amides is 4. The molecule has 0 bridgehead atoms. The smallest absolute Gasteiger partial charge is 0.290 e. The molecule has 1 fully saturated rings. The first kappa shape index (κ1) is 19.3. The molecule has 2 heterocycles. The van der Waals surface area contributed by atoms with Crippen molar-refractivity contribution in [3.8, 4) is 0 Å². The number of benzene rings is 3. The van der Waals surface area contributed by atoms with E-state index in [-0.39, 0.29) is 19.0 Å². The third-order valence-corrected chi connectivity index (χ3v) is 6.41. The maximum atomic E-state index is 12.9. The van der Waals surface area contributed by atoms with Crippen LogP contribution in [0.3, 0.4) is 0 Å². The minimum atomic E-state index is -0.763. The van der Waals surface area contributed by atoms with Crippen molar-refractivity contribution < 1.29 is 19.2 Å². The van der Waals surface area contributed by atoms with Crippen molar-refractivity contribution in [2.75, 3.05) is 18.4 Å². The monoisotopic (exact) mass is 431 g/mol. The fraction of sp³-hybridized carbons (Fsp3) is 0.130. The van der Waals surface area contributed by atoms with E-state index in [1.807, 2.05) is 42.5 Å². The Labute approximate surface area is 182 Å². The van der Waals surface area contributed by atoms with Crippen LogP contribution >= 0.6 is 11.8 Å². The van der Waals surface area contributed by atoms with Crippen molar-refractivity contribution >= 4 is 51.2 Å². The van der Waals surface area contributed by atoms with Crippen molar-refractivity contribution in [3.05, 3.63) is 77.9 Å². The quantitative estimate of drug-likeness (QED) is 0.622. The van der Waals surface area contributed by atoms with Crippen molar-refractivity contribution in [3.63, 3.8) is 0 Å². The number of anilines is 1. The number of carbonyl (C=O) groups excluding carboxylic acids is 4. The zero-order valence-electron chi connectivity index (χ0n) is 16.3. The highest BCUT2D eigenvalue weighted by Gasteiger charge is 2.41. The minimum Gasteiger partial charge on any atom is -0.365 e. The summed E-state index contributed by atoms with van der Waals surface area (Å²) in [6.45, 7) is -0.0742. The maximum absolute atomic E-state index is 12.9. The van der Waals surface area contributed by atoms with Gasteiger partial charge >= 0.3 is 0 Å². The van der Waals surface area contributed by atoms with Gasteiger partial charge in [0.1, 0.15) is 0 Å². The number of nitrogens with zero attached hydrogens (tertiary/aromatic N) is 2. The van der Waals surface area contributed by atoms with E-state index in [2.05, 4.69) is 5.32 Å². The SMILES string of the molecule is O=C1SC(Nc2cccc3ccccc23)C(=O)N1CCN1C(=O)c2ccccc2C1=O. The van der Waals surface area contributed by atoms with Gasteiger partial charge in [-0.25, -0.2) is 0 Å². The van der Waals surface area contributed by atoms with E-state index in [0.717, 1.165) is 38.0 Å². The van der Waals surface area contributed by atoms with Gasteiger partial charge in [-0.15, -0.1) is 0 Å². The molecule has 0 spiro atoms. The summed E-state index contributed by atoms with van der Waals surface area (Å²) in [5.41, 5.74) is 1.45. The van der Waals surface area contributed by atoms with Gasteiger partial charge in [-0.05, 0) is 35.3 Å². The lowest BCUT2D eigenvalue weighted by Crippen LogP contribution is -2.41. The van der Waals surface area contributed by atoms with Crippen LogP contribution in [0.4, 0.5) is 10.5 Å². The lowest BCUT2D eigenvalue weighted by Gasteiger charge is -2.19. The number of nitrogens with one attached hydrogen (secondary N) is 1. The summed E-state index contributed by atoms with van der Waals surface area (Å²) >= 11 is 0.895. The molecule has 5 rings (SSSR count). The summed E-state index contributed by atoms with van der Waals surface area (Å²) in [7, 11) is 0. The van der Waals surface area contributed by atoms with Crippen LogP contribution in [-0.2, 0) is 4.79 Å². The van der Waals surface area contributed by atoms with Crippen LogP contribution in [0, 0.1) is 0 Å². The molecule has 7 nitrogen and oxygen atoms in total. The lowest BCUT2D eigenvalue weighted by molar-refractivity contribution is -0.126. The van der Waals surface area contributed by atoms with Gasteiger partial charge in [0.25, 0.3) is 23.0 Å². The molecule has 0 aliphatic carbocycles. The van der Waals surface area contributed by atoms with Crippen LogP contribution in [0.2, 0.25) is 0 Å². The Morgan fingerprint density at radius 3 is 2.10 bits per heavy atom. The Morgan fingerprint density at radius 1 is 0.742 bits per heavy atom. The first-order chi connectivity index (χ1) is 15.0. The number of fused-ring (bicyclic) bond motifs is 2. The molecule has 31 heavy (non-hydrogen) atoms. The Bertz CT molecular complexity index is 1220. The van der Waals surface area contributed by atoms with Crippen LogP contribution in [0.5, 0.6) is 0 Å². The molecule has 3 aromatic rings. The first-order valence-electron chi connectivity index (χ1n) is 9.76. The van der Waals surface area contributed by atoms with Crippen molar-refractivity contribution in [1.29, 1.82) is 0 Å². The molecule has 0 aromatic heterocycles. The van der Waals surface area contributed by atoms with Crippen LogP contribution in [0.25, 0.3) is 10.8 Å². The molecule has 2 aliphatic heterocycles. The average molecular weight is 431 g/mol. The standard InChI is InChI=1S/C23H17N3O4S/c27-20-16-9-3-4-10-17(16)21(28)25(20)12-13-26-22(29)19(31-23(26)30)24-18-11-5-7-14-6-1-2-8-15(14)18/h1-11,19,24H,12-13H2. The zero-order chi connectivity index (χ0) is 21.5. The van der Waals surface area contributed by atoms with Crippen LogP contribution < -0.4 is 5.32 Å². The molecule has 1 saturated heterocycles. The van der Waals surface area contributed by atoms with Gasteiger partial charge in [0.15, 0.2) is 5.37 Å². The Hall–Kier alpha value is -3.65. The summed E-state index contributed by atoms with van der Waals surface area (Å²) in [5.74, 6) is -1.20. The number of rotatable bonds is 5. The van der Waals surface area contributed by atoms with Crippen LogP contribution in [0.1, 0.15) is 20.7 Å². The highest BCUT2D eigenvalue weighted by Crippen LogP contribution is 2.31. The molecule has 1 N–H and O–H groups in total. The normalized spacial score (nSPS) is 18.3. The molecular formula is C23H17N3O4S.